The molecule has 3 aromatic rings. The number of aromatic hydroxyl groups is 1. The number of amides is 1. The van der Waals surface area contributed by atoms with Gasteiger partial charge in [0.2, 0.25) is 0 Å². The highest BCUT2D eigenvalue weighted by atomic mass is 35.5. The first-order valence-electron chi connectivity index (χ1n) is 14.8. The number of aromatic nitrogens is 2. The van der Waals surface area contributed by atoms with Gasteiger partial charge in [0.1, 0.15) is 12.0 Å². The molecule has 0 unspecified atom stereocenters. The summed E-state index contributed by atoms with van der Waals surface area (Å²) in [6.45, 7) is 2.66. The number of unbranched alkanes of at least 4 members (excludes halogenated alkanes) is 1. The van der Waals surface area contributed by atoms with E-state index in [1.165, 1.54) is 17.2 Å². The van der Waals surface area contributed by atoms with E-state index < -0.39 is 12.0 Å². The molecular formula is C32H42ClN7O4. The largest absolute Gasteiger partial charge is 0.508 e. The Morgan fingerprint density at radius 1 is 1.00 bits per heavy atom. The second kappa shape index (κ2) is 17.2. The third-order valence-electron chi connectivity index (χ3n) is 7.43. The summed E-state index contributed by atoms with van der Waals surface area (Å²) in [5, 5.41) is 22.7. The number of aliphatic hydroxyl groups is 1. The SMILES string of the molecule is C[C@H](CCCc1ccc(CCCCN=C(N)NC(=O)c2nc(Cl)c(N)nc2N)cc1)CC[C@H](O)c1ccc(O)c(CC=O)c1. The van der Waals surface area contributed by atoms with Crippen LogP contribution in [0.3, 0.4) is 0 Å². The lowest BCUT2D eigenvalue weighted by Crippen LogP contribution is -2.38. The highest BCUT2D eigenvalue weighted by Gasteiger charge is 2.17. The Labute approximate surface area is 263 Å². The molecule has 1 amide bonds. The van der Waals surface area contributed by atoms with Gasteiger partial charge in [-0.1, -0.05) is 55.3 Å². The number of hydrogen-bond donors (Lipinski definition) is 6. The fourth-order valence-corrected chi connectivity index (χ4v) is 4.94. The summed E-state index contributed by atoms with van der Waals surface area (Å²) in [6.07, 6.45) is 7.57. The van der Waals surface area contributed by atoms with Gasteiger partial charge in [-0.3, -0.25) is 15.1 Å². The summed E-state index contributed by atoms with van der Waals surface area (Å²) in [7, 11) is 0. The minimum absolute atomic E-state index is 0.0407. The zero-order chi connectivity index (χ0) is 32.1. The Morgan fingerprint density at radius 3 is 2.36 bits per heavy atom. The molecule has 1 heterocycles. The molecule has 2 aromatic carbocycles. The lowest BCUT2D eigenvalue weighted by molar-refractivity contribution is -0.107. The van der Waals surface area contributed by atoms with Gasteiger partial charge in [0.15, 0.2) is 28.4 Å². The minimum Gasteiger partial charge on any atom is -0.508 e. The predicted molar refractivity (Wildman–Crippen MR) is 173 cm³/mol. The number of aliphatic hydroxyl groups excluding tert-OH is 1. The Morgan fingerprint density at radius 2 is 1.68 bits per heavy atom. The highest BCUT2D eigenvalue weighted by Crippen LogP contribution is 2.27. The van der Waals surface area contributed by atoms with Crippen LogP contribution in [0, 0.1) is 5.92 Å². The maximum Gasteiger partial charge on any atom is 0.280 e. The quantitative estimate of drug-likeness (QED) is 0.0582. The van der Waals surface area contributed by atoms with Crippen LogP contribution in [-0.2, 0) is 24.1 Å². The van der Waals surface area contributed by atoms with Crippen molar-refractivity contribution in [3.63, 3.8) is 0 Å². The van der Waals surface area contributed by atoms with Crippen molar-refractivity contribution in [2.24, 2.45) is 16.6 Å². The molecule has 12 heteroatoms. The van der Waals surface area contributed by atoms with Crippen LogP contribution in [0.4, 0.5) is 11.6 Å². The normalized spacial score (nSPS) is 12.9. The van der Waals surface area contributed by atoms with E-state index in [4.69, 9.17) is 28.8 Å². The molecule has 9 N–H and O–H groups in total. The van der Waals surface area contributed by atoms with E-state index in [0.29, 0.717) is 24.4 Å². The van der Waals surface area contributed by atoms with Gasteiger partial charge in [-0.15, -0.1) is 0 Å². The first kappa shape index (κ1) is 34.3. The monoisotopic (exact) mass is 623 g/mol. The number of phenolic OH excluding ortho intramolecular Hbond substituents is 1. The van der Waals surface area contributed by atoms with E-state index in [2.05, 4.69) is 51.5 Å². The molecule has 0 bridgehead atoms. The molecule has 0 fully saturated rings. The Hall–Kier alpha value is -4.22. The number of nitrogens with two attached hydrogens (primary N) is 3. The van der Waals surface area contributed by atoms with Crippen LogP contribution in [0.15, 0.2) is 47.5 Å². The molecule has 3 rings (SSSR count). The first-order chi connectivity index (χ1) is 21.1. The number of carbonyl (C=O) groups is 2. The van der Waals surface area contributed by atoms with E-state index in [-0.39, 0.29) is 40.6 Å². The van der Waals surface area contributed by atoms with Gasteiger partial charge >= 0.3 is 0 Å². The molecule has 11 nitrogen and oxygen atoms in total. The fraction of sp³-hybridized carbons (Fsp3) is 0.406. The minimum atomic E-state index is -0.664. The van der Waals surface area contributed by atoms with Crippen molar-refractivity contribution < 1.29 is 19.8 Å². The summed E-state index contributed by atoms with van der Waals surface area (Å²) in [4.78, 5) is 34.9. The summed E-state index contributed by atoms with van der Waals surface area (Å²) in [5.74, 6) is -0.361. The molecule has 0 aliphatic carbocycles. The molecule has 0 saturated heterocycles. The van der Waals surface area contributed by atoms with E-state index in [1.807, 2.05) is 0 Å². The summed E-state index contributed by atoms with van der Waals surface area (Å²) in [5.41, 5.74) is 20.7. The predicted octanol–water partition coefficient (Wildman–Crippen LogP) is 4.28. The second-order valence-corrected chi connectivity index (χ2v) is 11.3. The number of nitrogen functional groups attached to an aromatic ring is 2. The van der Waals surface area contributed by atoms with E-state index in [0.717, 1.165) is 56.8 Å². The molecule has 0 radical (unpaired) electrons. The number of carbonyl (C=O) groups excluding carboxylic acids is 2. The zero-order valence-corrected chi connectivity index (χ0v) is 25.8. The molecule has 0 saturated carbocycles. The van der Waals surface area contributed by atoms with E-state index in [9.17, 15) is 19.8 Å². The lowest BCUT2D eigenvalue weighted by atomic mass is 9.93. The number of hydrogen-bond acceptors (Lipinski definition) is 9. The highest BCUT2D eigenvalue weighted by molar-refractivity contribution is 6.31. The maximum atomic E-state index is 12.3. The average Bonchev–Trinajstić information content (AvgIpc) is 2.99. The number of rotatable bonds is 16. The van der Waals surface area contributed by atoms with Crippen molar-refractivity contribution in [1.29, 1.82) is 0 Å². The number of guanidine groups is 1. The van der Waals surface area contributed by atoms with E-state index in [1.54, 1.807) is 12.1 Å². The number of nitrogens with one attached hydrogen (secondary N) is 1. The molecule has 0 aliphatic rings. The number of benzene rings is 2. The Bertz CT molecular complexity index is 1430. The zero-order valence-electron chi connectivity index (χ0n) is 25.0. The first-order valence-corrected chi connectivity index (χ1v) is 15.2. The van der Waals surface area contributed by atoms with Gasteiger partial charge in [-0.05, 0) is 79.7 Å². The van der Waals surface area contributed by atoms with Gasteiger partial charge in [-0.25, -0.2) is 9.97 Å². The van der Waals surface area contributed by atoms with Crippen LogP contribution in [0.2, 0.25) is 5.15 Å². The third kappa shape index (κ3) is 10.8. The maximum absolute atomic E-state index is 12.3. The van der Waals surface area contributed by atoms with Crippen molar-refractivity contribution in [3.05, 3.63) is 75.6 Å². The topological polar surface area (TPSA) is 203 Å². The van der Waals surface area contributed by atoms with E-state index >= 15 is 0 Å². The molecule has 2 atom stereocenters. The number of halogens is 1. The molecule has 1 aromatic heterocycles. The number of aldehydes is 1. The summed E-state index contributed by atoms with van der Waals surface area (Å²) >= 11 is 5.81. The fourth-order valence-electron chi connectivity index (χ4n) is 4.81. The van der Waals surface area contributed by atoms with Crippen molar-refractivity contribution >= 4 is 41.4 Å². The van der Waals surface area contributed by atoms with Crippen molar-refractivity contribution in [2.75, 3.05) is 18.0 Å². The molecule has 44 heavy (non-hydrogen) atoms. The van der Waals surface area contributed by atoms with Gasteiger partial charge in [0.25, 0.3) is 5.91 Å². The van der Waals surface area contributed by atoms with Gasteiger partial charge < -0.3 is 32.2 Å². The lowest BCUT2D eigenvalue weighted by Gasteiger charge is -2.16. The Balaban J connectivity index is 1.31. The van der Waals surface area contributed by atoms with Crippen molar-refractivity contribution in [2.45, 2.75) is 70.8 Å². The van der Waals surface area contributed by atoms with Gasteiger partial charge in [0.05, 0.1) is 6.10 Å². The number of aliphatic imine (C=N–C) groups is 1. The van der Waals surface area contributed by atoms with Gasteiger partial charge in [-0.2, -0.15) is 0 Å². The number of anilines is 2. The molecule has 0 aliphatic heterocycles. The second-order valence-electron chi connectivity index (χ2n) is 11.0. The number of aryl methyl sites for hydroxylation is 2. The van der Waals surface area contributed by atoms with Crippen LogP contribution in [-0.4, -0.2) is 44.9 Å². The molecule has 0 spiro atoms. The summed E-state index contributed by atoms with van der Waals surface area (Å²) in [6, 6.07) is 13.6. The average molecular weight is 624 g/mol. The standard InChI is InChI=1S/C32H42ClN7O4/c1-20(8-14-25(42)23-13-15-26(43)24(19-23)16-18-41)5-4-7-22-11-9-21(10-12-22)6-2-3-17-37-32(36)40-31(44)27-29(34)39-30(35)28(33)38-27/h9-13,15,18-20,25,42-43H,2-8,14,16-17H2,1H3,(H4,34,35,39)(H3,36,37,40,44)/t20-,25+/m1/s1. The van der Waals surface area contributed by atoms with Crippen molar-refractivity contribution in [3.8, 4) is 5.75 Å². The van der Waals surface area contributed by atoms with Crippen LogP contribution in [0.25, 0.3) is 0 Å². The van der Waals surface area contributed by atoms with Crippen LogP contribution in [0.1, 0.15) is 84.3 Å². The smallest absolute Gasteiger partial charge is 0.280 e. The van der Waals surface area contributed by atoms with Crippen LogP contribution < -0.4 is 22.5 Å². The third-order valence-corrected chi connectivity index (χ3v) is 7.71. The molecular weight excluding hydrogens is 582 g/mol. The van der Waals surface area contributed by atoms with Gasteiger partial charge in [0, 0.05) is 18.5 Å². The van der Waals surface area contributed by atoms with Crippen LogP contribution in [0.5, 0.6) is 5.75 Å². The molecule has 236 valence electrons. The number of phenols is 1. The number of nitrogens with zero attached hydrogens (tertiary/aromatic N) is 3. The summed E-state index contributed by atoms with van der Waals surface area (Å²) < 4.78 is 0. The van der Waals surface area contributed by atoms with Crippen molar-refractivity contribution in [1.82, 2.24) is 15.3 Å². The Kier molecular flexibility index (Phi) is 13.4. The van der Waals surface area contributed by atoms with Crippen LogP contribution >= 0.6 is 11.6 Å².